The Hall–Kier alpha value is -3.03. The predicted molar refractivity (Wildman–Crippen MR) is 99.8 cm³/mol. The van der Waals surface area contributed by atoms with Crippen molar-refractivity contribution < 1.29 is 14.0 Å². The molecule has 0 aromatic carbocycles. The number of furan rings is 1. The van der Waals surface area contributed by atoms with Gasteiger partial charge in [-0.25, -0.2) is 9.78 Å². The van der Waals surface area contributed by atoms with E-state index in [1.54, 1.807) is 19.2 Å². The average molecular weight is 371 g/mol. The molecule has 2 aromatic rings. The van der Waals surface area contributed by atoms with Crippen molar-refractivity contribution >= 4 is 11.9 Å². The fraction of sp³-hybridized carbons (Fsp3) is 0.421. The van der Waals surface area contributed by atoms with Gasteiger partial charge in [0.25, 0.3) is 5.91 Å². The number of nitrogens with zero attached hydrogens (tertiary/aromatic N) is 2. The van der Waals surface area contributed by atoms with Gasteiger partial charge in [0.05, 0.1) is 24.1 Å². The van der Waals surface area contributed by atoms with Crippen molar-refractivity contribution in [2.75, 3.05) is 6.54 Å². The number of hydrogen-bond donors (Lipinski definition) is 3. The lowest BCUT2D eigenvalue weighted by Crippen LogP contribution is -2.47. The molecule has 0 fully saturated rings. The largest absolute Gasteiger partial charge is 0.472 e. The van der Waals surface area contributed by atoms with Crippen LogP contribution in [0.5, 0.6) is 0 Å². The molecule has 3 amide bonds. The summed E-state index contributed by atoms with van der Waals surface area (Å²) in [6.07, 6.45) is 7.59. The molecule has 8 heteroatoms. The van der Waals surface area contributed by atoms with E-state index in [1.165, 1.54) is 12.5 Å². The third-order valence-electron chi connectivity index (χ3n) is 4.52. The highest BCUT2D eigenvalue weighted by atomic mass is 16.3. The number of carbonyl (C=O) groups excluding carboxylic acids is 2. The van der Waals surface area contributed by atoms with Gasteiger partial charge in [-0.3, -0.25) is 4.79 Å². The number of aromatic nitrogens is 2. The molecule has 0 bridgehead atoms. The quantitative estimate of drug-likeness (QED) is 0.651. The maximum Gasteiger partial charge on any atom is 0.319 e. The molecule has 1 aliphatic heterocycles. The summed E-state index contributed by atoms with van der Waals surface area (Å²) in [7, 11) is 0. The lowest BCUT2D eigenvalue weighted by Gasteiger charge is -2.27. The van der Waals surface area contributed by atoms with Crippen LogP contribution in [0.15, 0.2) is 46.7 Å². The number of carbonyl (C=O) groups is 2. The Morgan fingerprint density at radius 1 is 1.44 bits per heavy atom. The number of rotatable bonds is 7. The zero-order valence-electron chi connectivity index (χ0n) is 15.8. The number of hydrogen-bond acceptors (Lipinski definition) is 4. The van der Waals surface area contributed by atoms with Crippen LogP contribution in [0.4, 0.5) is 4.79 Å². The Balaban J connectivity index is 1.61. The van der Waals surface area contributed by atoms with Gasteiger partial charge in [-0.05, 0) is 19.4 Å². The van der Waals surface area contributed by atoms with Gasteiger partial charge < -0.3 is 24.9 Å². The molecular weight excluding hydrogens is 346 g/mol. The molecule has 144 valence electrons. The number of allylic oxidation sites excluding steroid dienone is 1. The number of nitrogens with one attached hydrogen (secondary N) is 3. The Morgan fingerprint density at radius 3 is 2.96 bits per heavy atom. The summed E-state index contributed by atoms with van der Waals surface area (Å²) < 4.78 is 7.21. The first-order valence-corrected chi connectivity index (χ1v) is 9.07. The summed E-state index contributed by atoms with van der Waals surface area (Å²) >= 11 is 0. The lowest BCUT2D eigenvalue weighted by molar-refractivity contribution is -0.117. The molecule has 27 heavy (non-hydrogen) atoms. The van der Waals surface area contributed by atoms with Crippen molar-refractivity contribution in [3.63, 3.8) is 0 Å². The number of urea groups is 1. The van der Waals surface area contributed by atoms with Gasteiger partial charge in [-0.15, -0.1) is 0 Å². The van der Waals surface area contributed by atoms with Gasteiger partial charge in [-0.2, -0.15) is 0 Å². The van der Waals surface area contributed by atoms with Crippen LogP contribution in [0.2, 0.25) is 0 Å². The highest BCUT2D eigenvalue weighted by molar-refractivity contribution is 5.98. The van der Waals surface area contributed by atoms with Crippen molar-refractivity contribution in [3.05, 3.63) is 53.6 Å². The van der Waals surface area contributed by atoms with Crippen LogP contribution in [0, 0.1) is 0 Å². The normalized spacial score (nSPS) is 17.0. The maximum absolute atomic E-state index is 12.7. The molecule has 1 aliphatic rings. The fourth-order valence-electron chi connectivity index (χ4n) is 3.24. The molecule has 1 atom stereocenters. The minimum absolute atomic E-state index is 0.207. The first-order valence-electron chi connectivity index (χ1n) is 9.07. The van der Waals surface area contributed by atoms with Crippen LogP contribution in [0.25, 0.3) is 0 Å². The lowest BCUT2D eigenvalue weighted by atomic mass is 9.97. The van der Waals surface area contributed by atoms with Crippen LogP contribution in [-0.2, 0) is 11.3 Å². The summed E-state index contributed by atoms with van der Waals surface area (Å²) in [6.45, 7) is 7.25. The number of aryl methyl sites for hydroxylation is 1. The van der Waals surface area contributed by atoms with E-state index in [1.807, 2.05) is 6.20 Å². The van der Waals surface area contributed by atoms with E-state index in [-0.39, 0.29) is 11.9 Å². The van der Waals surface area contributed by atoms with Crippen LogP contribution in [0.1, 0.15) is 50.5 Å². The molecular formula is C19H25N5O3. The first-order chi connectivity index (χ1) is 13.0. The van der Waals surface area contributed by atoms with E-state index in [9.17, 15) is 9.59 Å². The van der Waals surface area contributed by atoms with Crippen molar-refractivity contribution in [1.82, 2.24) is 25.5 Å². The molecule has 0 aliphatic carbocycles. The van der Waals surface area contributed by atoms with Crippen LogP contribution >= 0.6 is 0 Å². The summed E-state index contributed by atoms with van der Waals surface area (Å²) in [5.41, 5.74) is 1.76. The third-order valence-corrected chi connectivity index (χ3v) is 4.52. The third kappa shape index (κ3) is 4.21. The molecule has 3 N–H and O–H groups in total. The smallest absolute Gasteiger partial charge is 0.319 e. The Labute approximate surface area is 158 Å². The zero-order valence-corrected chi connectivity index (χ0v) is 15.8. The molecule has 8 nitrogen and oxygen atoms in total. The van der Waals surface area contributed by atoms with E-state index >= 15 is 0 Å². The molecule has 2 aromatic heterocycles. The molecule has 0 saturated heterocycles. The van der Waals surface area contributed by atoms with Crippen LogP contribution in [-0.4, -0.2) is 28.0 Å². The van der Waals surface area contributed by atoms with Crippen molar-refractivity contribution in [3.8, 4) is 0 Å². The molecule has 0 radical (unpaired) electrons. The summed E-state index contributed by atoms with van der Waals surface area (Å²) in [5, 5.41) is 8.38. The summed E-state index contributed by atoms with van der Waals surface area (Å²) in [4.78, 5) is 28.9. The van der Waals surface area contributed by atoms with Crippen molar-refractivity contribution in [2.24, 2.45) is 0 Å². The molecule has 0 spiro atoms. The summed E-state index contributed by atoms with van der Waals surface area (Å²) in [6, 6.07) is 0.874. The zero-order chi connectivity index (χ0) is 19.4. The van der Waals surface area contributed by atoms with Gasteiger partial charge in [0.15, 0.2) is 0 Å². The predicted octanol–water partition coefficient (Wildman–Crippen LogP) is 2.43. The highest BCUT2D eigenvalue weighted by Gasteiger charge is 2.31. The fourth-order valence-corrected chi connectivity index (χ4v) is 3.24. The SMILES string of the molecule is CC1=C(C(=O)NCCCn2ccnc2C(C)C)C(c2ccoc2)NC(=O)N1. The Morgan fingerprint density at radius 2 is 2.26 bits per heavy atom. The van der Waals surface area contributed by atoms with Gasteiger partial charge >= 0.3 is 6.03 Å². The average Bonchev–Trinajstić information content (AvgIpc) is 3.29. The number of imidazole rings is 1. The second-order valence-electron chi connectivity index (χ2n) is 6.87. The first kappa shape index (κ1) is 18.8. The van der Waals surface area contributed by atoms with Crippen LogP contribution in [0.3, 0.4) is 0 Å². The van der Waals surface area contributed by atoms with E-state index < -0.39 is 6.04 Å². The van der Waals surface area contributed by atoms with E-state index in [0.717, 1.165) is 24.4 Å². The molecule has 0 saturated carbocycles. The monoisotopic (exact) mass is 371 g/mol. The highest BCUT2D eigenvalue weighted by Crippen LogP contribution is 2.26. The van der Waals surface area contributed by atoms with Crippen molar-refractivity contribution in [1.29, 1.82) is 0 Å². The molecule has 3 heterocycles. The Bertz CT molecular complexity index is 835. The molecule has 1 unspecified atom stereocenters. The topological polar surface area (TPSA) is 101 Å². The van der Waals surface area contributed by atoms with E-state index in [4.69, 9.17) is 4.42 Å². The maximum atomic E-state index is 12.7. The van der Waals surface area contributed by atoms with Crippen LogP contribution < -0.4 is 16.0 Å². The standard InChI is InChI=1S/C19H25N5O3/c1-12(2)17-20-7-9-24(17)8-4-6-21-18(25)15-13(3)22-19(26)23-16(15)14-5-10-27-11-14/h5,7,9-12,16H,4,6,8H2,1-3H3,(H,21,25)(H2,22,23,26). The van der Waals surface area contributed by atoms with E-state index in [0.29, 0.717) is 23.7 Å². The number of amides is 3. The van der Waals surface area contributed by atoms with E-state index in [2.05, 4.69) is 39.3 Å². The second kappa shape index (κ2) is 8.11. The van der Waals surface area contributed by atoms with Gasteiger partial charge in [0.1, 0.15) is 5.82 Å². The minimum atomic E-state index is -0.529. The Kier molecular flexibility index (Phi) is 5.63. The van der Waals surface area contributed by atoms with Gasteiger partial charge in [-0.1, -0.05) is 13.8 Å². The van der Waals surface area contributed by atoms with Crippen molar-refractivity contribution in [2.45, 2.75) is 45.7 Å². The minimum Gasteiger partial charge on any atom is -0.472 e. The molecule has 3 rings (SSSR count). The van der Waals surface area contributed by atoms with Gasteiger partial charge in [0, 0.05) is 42.7 Å². The second-order valence-corrected chi connectivity index (χ2v) is 6.87. The summed E-state index contributed by atoms with van der Waals surface area (Å²) in [5.74, 6) is 1.19. The van der Waals surface area contributed by atoms with Gasteiger partial charge in [0.2, 0.25) is 0 Å².